The maximum absolute atomic E-state index is 11.7. The van der Waals surface area contributed by atoms with E-state index in [4.69, 9.17) is 9.47 Å². The molecule has 0 saturated carbocycles. The fraction of sp³-hybridized carbons (Fsp3) is 0.300. The van der Waals surface area contributed by atoms with Gasteiger partial charge in [-0.1, -0.05) is 32.0 Å². The van der Waals surface area contributed by atoms with Gasteiger partial charge in [0.2, 0.25) is 0 Å². The van der Waals surface area contributed by atoms with Crippen molar-refractivity contribution >= 4 is 16.9 Å². The SMILES string of the molecule is COC(=O)c1ccc2c(cnn2Cc2ccccc2OCC(C)C)c1. The van der Waals surface area contributed by atoms with E-state index in [9.17, 15) is 4.79 Å². The lowest BCUT2D eigenvalue weighted by Crippen LogP contribution is -2.08. The zero-order valence-electron chi connectivity index (χ0n) is 14.7. The number of rotatable bonds is 6. The van der Waals surface area contributed by atoms with E-state index in [2.05, 4.69) is 18.9 Å². The quantitative estimate of drug-likeness (QED) is 0.640. The number of ether oxygens (including phenoxy) is 2. The van der Waals surface area contributed by atoms with E-state index in [0.29, 0.717) is 24.6 Å². The summed E-state index contributed by atoms with van der Waals surface area (Å²) < 4.78 is 12.6. The Morgan fingerprint density at radius 3 is 2.76 bits per heavy atom. The van der Waals surface area contributed by atoms with Gasteiger partial charge in [0, 0.05) is 10.9 Å². The molecule has 1 aromatic heterocycles. The summed E-state index contributed by atoms with van der Waals surface area (Å²) in [6.45, 7) is 5.54. The maximum atomic E-state index is 11.7. The topological polar surface area (TPSA) is 53.3 Å². The molecule has 0 aliphatic heterocycles. The maximum Gasteiger partial charge on any atom is 0.337 e. The van der Waals surface area contributed by atoms with Gasteiger partial charge in [-0.05, 0) is 30.2 Å². The van der Waals surface area contributed by atoms with Crippen LogP contribution in [0.5, 0.6) is 5.75 Å². The number of para-hydroxylation sites is 1. The number of hydrogen-bond acceptors (Lipinski definition) is 4. The number of carbonyl (C=O) groups is 1. The van der Waals surface area contributed by atoms with Gasteiger partial charge in [-0.3, -0.25) is 4.68 Å². The Morgan fingerprint density at radius 1 is 1.20 bits per heavy atom. The predicted octanol–water partition coefficient (Wildman–Crippen LogP) is 3.91. The summed E-state index contributed by atoms with van der Waals surface area (Å²) in [5.41, 5.74) is 2.56. The predicted molar refractivity (Wildman–Crippen MR) is 96.9 cm³/mol. The third-order valence-corrected chi connectivity index (χ3v) is 3.93. The Morgan fingerprint density at radius 2 is 2.00 bits per heavy atom. The second-order valence-corrected chi connectivity index (χ2v) is 6.38. The molecule has 0 aliphatic carbocycles. The van der Waals surface area contributed by atoms with Crippen molar-refractivity contribution in [2.45, 2.75) is 20.4 Å². The molecule has 5 heteroatoms. The lowest BCUT2D eigenvalue weighted by molar-refractivity contribution is 0.0601. The van der Waals surface area contributed by atoms with Crippen LogP contribution in [-0.2, 0) is 11.3 Å². The lowest BCUT2D eigenvalue weighted by Gasteiger charge is -2.13. The van der Waals surface area contributed by atoms with Crippen molar-refractivity contribution in [2.75, 3.05) is 13.7 Å². The Balaban J connectivity index is 1.87. The first-order chi connectivity index (χ1) is 12.1. The minimum absolute atomic E-state index is 0.345. The normalized spacial score (nSPS) is 11.0. The first-order valence-corrected chi connectivity index (χ1v) is 8.33. The molecule has 0 atom stereocenters. The summed E-state index contributed by atoms with van der Waals surface area (Å²) in [7, 11) is 1.38. The van der Waals surface area contributed by atoms with Crippen LogP contribution in [0.3, 0.4) is 0 Å². The highest BCUT2D eigenvalue weighted by Crippen LogP contribution is 2.23. The Bertz CT molecular complexity index is 884. The van der Waals surface area contributed by atoms with Crippen LogP contribution >= 0.6 is 0 Å². The lowest BCUT2D eigenvalue weighted by atomic mass is 10.1. The van der Waals surface area contributed by atoms with Crippen LogP contribution in [0.25, 0.3) is 10.9 Å². The summed E-state index contributed by atoms with van der Waals surface area (Å²) in [6, 6.07) is 13.5. The smallest absolute Gasteiger partial charge is 0.337 e. The molecule has 0 radical (unpaired) electrons. The number of methoxy groups -OCH3 is 1. The standard InChI is InChI=1S/C20H22N2O3/c1-14(2)13-25-19-7-5-4-6-16(19)12-22-18-9-8-15(20(23)24-3)10-17(18)11-21-22/h4-11,14H,12-13H2,1-3H3. The van der Waals surface area contributed by atoms with Crippen LogP contribution in [-0.4, -0.2) is 29.5 Å². The second-order valence-electron chi connectivity index (χ2n) is 6.38. The summed E-state index contributed by atoms with van der Waals surface area (Å²) in [6.07, 6.45) is 1.76. The Labute approximate surface area is 147 Å². The van der Waals surface area contributed by atoms with E-state index in [1.54, 1.807) is 18.3 Å². The fourth-order valence-electron chi connectivity index (χ4n) is 2.65. The van der Waals surface area contributed by atoms with Crippen molar-refractivity contribution in [1.82, 2.24) is 9.78 Å². The molecule has 1 heterocycles. The molecule has 2 aromatic carbocycles. The van der Waals surface area contributed by atoms with Gasteiger partial charge in [0.25, 0.3) is 0 Å². The molecule has 5 nitrogen and oxygen atoms in total. The minimum Gasteiger partial charge on any atom is -0.493 e. The molecular formula is C20H22N2O3. The van der Waals surface area contributed by atoms with E-state index in [1.807, 2.05) is 35.0 Å². The van der Waals surface area contributed by atoms with E-state index < -0.39 is 0 Å². The van der Waals surface area contributed by atoms with Gasteiger partial charge in [0.15, 0.2) is 0 Å². The number of hydrogen-bond donors (Lipinski definition) is 0. The van der Waals surface area contributed by atoms with Crippen molar-refractivity contribution in [3.05, 3.63) is 59.8 Å². The monoisotopic (exact) mass is 338 g/mol. The number of carbonyl (C=O) groups excluding carboxylic acids is 1. The first kappa shape index (κ1) is 17.0. The van der Waals surface area contributed by atoms with Crippen LogP contribution in [0.15, 0.2) is 48.7 Å². The number of aromatic nitrogens is 2. The molecule has 3 aromatic rings. The van der Waals surface area contributed by atoms with Crippen molar-refractivity contribution < 1.29 is 14.3 Å². The second kappa shape index (κ2) is 7.38. The molecule has 3 rings (SSSR count). The van der Waals surface area contributed by atoms with Gasteiger partial charge in [-0.2, -0.15) is 5.10 Å². The van der Waals surface area contributed by atoms with E-state index >= 15 is 0 Å². The van der Waals surface area contributed by atoms with Crippen molar-refractivity contribution in [2.24, 2.45) is 5.92 Å². The third kappa shape index (κ3) is 3.82. The van der Waals surface area contributed by atoms with E-state index in [-0.39, 0.29) is 5.97 Å². The summed E-state index contributed by atoms with van der Waals surface area (Å²) in [5, 5.41) is 5.37. The number of esters is 1. The van der Waals surface area contributed by atoms with Crippen LogP contribution in [0.4, 0.5) is 0 Å². The molecule has 0 unspecified atom stereocenters. The molecule has 0 amide bonds. The van der Waals surface area contributed by atoms with Crippen LogP contribution in [0, 0.1) is 5.92 Å². The molecule has 130 valence electrons. The molecular weight excluding hydrogens is 316 g/mol. The van der Waals surface area contributed by atoms with Gasteiger partial charge >= 0.3 is 5.97 Å². The fourth-order valence-corrected chi connectivity index (χ4v) is 2.65. The van der Waals surface area contributed by atoms with Gasteiger partial charge in [0.1, 0.15) is 5.75 Å². The average Bonchev–Trinajstić information content (AvgIpc) is 3.02. The molecule has 0 spiro atoms. The minimum atomic E-state index is -0.345. The summed E-state index contributed by atoms with van der Waals surface area (Å²) in [4.78, 5) is 11.7. The zero-order chi connectivity index (χ0) is 17.8. The van der Waals surface area contributed by atoms with Crippen molar-refractivity contribution in [3.63, 3.8) is 0 Å². The Kier molecular flexibility index (Phi) is 5.03. The molecule has 0 fully saturated rings. The number of fused-ring (bicyclic) bond motifs is 1. The molecule has 0 saturated heterocycles. The van der Waals surface area contributed by atoms with Crippen LogP contribution < -0.4 is 4.74 Å². The third-order valence-electron chi connectivity index (χ3n) is 3.93. The van der Waals surface area contributed by atoms with Crippen molar-refractivity contribution in [1.29, 1.82) is 0 Å². The highest BCUT2D eigenvalue weighted by Gasteiger charge is 2.11. The average molecular weight is 338 g/mol. The first-order valence-electron chi connectivity index (χ1n) is 8.33. The van der Waals surface area contributed by atoms with Crippen LogP contribution in [0.1, 0.15) is 29.8 Å². The van der Waals surface area contributed by atoms with Gasteiger partial charge < -0.3 is 9.47 Å². The van der Waals surface area contributed by atoms with Crippen LogP contribution in [0.2, 0.25) is 0 Å². The summed E-state index contributed by atoms with van der Waals surface area (Å²) in [5.74, 6) is 1.00. The molecule has 0 N–H and O–H groups in total. The van der Waals surface area contributed by atoms with Crippen molar-refractivity contribution in [3.8, 4) is 5.75 Å². The summed E-state index contributed by atoms with van der Waals surface area (Å²) >= 11 is 0. The van der Waals surface area contributed by atoms with E-state index in [0.717, 1.165) is 22.2 Å². The van der Waals surface area contributed by atoms with E-state index in [1.165, 1.54) is 7.11 Å². The molecule has 0 aliphatic rings. The van der Waals surface area contributed by atoms with Gasteiger partial charge in [-0.15, -0.1) is 0 Å². The van der Waals surface area contributed by atoms with Gasteiger partial charge in [0.05, 0.1) is 37.5 Å². The molecule has 0 bridgehead atoms. The van der Waals surface area contributed by atoms with Gasteiger partial charge in [-0.25, -0.2) is 4.79 Å². The number of nitrogens with zero attached hydrogens (tertiary/aromatic N) is 2. The largest absolute Gasteiger partial charge is 0.493 e. The highest BCUT2D eigenvalue weighted by atomic mass is 16.5. The molecule has 25 heavy (non-hydrogen) atoms. The highest BCUT2D eigenvalue weighted by molar-refractivity contribution is 5.94. The number of benzene rings is 2. The zero-order valence-corrected chi connectivity index (χ0v) is 14.7. The Hall–Kier alpha value is -2.82.